The number of aliphatic carboxylic acids is 1. The molecule has 0 radical (unpaired) electrons. The van der Waals surface area contributed by atoms with Crippen molar-refractivity contribution in [3.63, 3.8) is 0 Å². The third-order valence-corrected chi connectivity index (χ3v) is 8.22. The van der Waals surface area contributed by atoms with Crippen LogP contribution >= 0.6 is 23.1 Å². The second kappa shape index (κ2) is 11.0. The summed E-state index contributed by atoms with van der Waals surface area (Å²) >= 11 is 2.56. The molecule has 12 nitrogen and oxygen atoms in total. The number of thiazole rings is 1. The van der Waals surface area contributed by atoms with E-state index in [9.17, 15) is 19.5 Å². The molecule has 3 aliphatic rings. The number of nitrogen functional groups attached to an aromatic ring is 1. The number of carboxylic acid groups (broad SMARTS) is 1. The minimum atomic E-state index is -1.27. The first kappa shape index (κ1) is 26.0. The summed E-state index contributed by atoms with van der Waals surface area (Å²) in [5.74, 6) is -2.02. The molecule has 2 aliphatic heterocycles. The Labute approximate surface area is 226 Å². The fourth-order valence-electron chi connectivity index (χ4n) is 4.53. The number of ether oxygens (including phenoxy) is 1. The van der Waals surface area contributed by atoms with E-state index < -0.39 is 29.9 Å². The lowest BCUT2D eigenvalue weighted by Gasteiger charge is -2.49. The Bertz CT molecular complexity index is 1300. The molecule has 2 aromatic rings. The molecule has 38 heavy (non-hydrogen) atoms. The molecule has 2 aromatic heterocycles. The number of nitrogens with two attached hydrogens (primary N) is 1. The van der Waals surface area contributed by atoms with Crippen LogP contribution in [0.5, 0.6) is 0 Å². The maximum Gasteiger partial charge on any atom is 0.356 e. The van der Waals surface area contributed by atoms with Crippen LogP contribution in [0, 0.1) is 0 Å². The van der Waals surface area contributed by atoms with Crippen molar-refractivity contribution in [2.24, 2.45) is 12.2 Å². The van der Waals surface area contributed by atoms with E-state index in [0.717, 1.165) is 41.9 Å². The van der Waals surface area contributed by atoms with Crippen molar-refractivity contribution in [1.82, 2.24) is 15.2 Å². The van der Waals surface area contributed by atoms with Gasteiger partial charge in [0.15, 0.2) is 28.9 Å². The van der Waals surface area contributed by atoms with Crippen LogP contribution in [0.1, 0.15) is 31.4 Å². The number of hydrogen-bond acceptors (Lipinski definition) is 10. The Morgan fingerprint density at radius 1 is 1.37 bits per heavy atom. The number of thioether (sulfide) groups is 1. The largest absolute Gasteiger partial charge is 0.492 e. The number of oxime groups is 1. The lowest BCUT2D eigenvalue weighted by Crippen LogP contribution is -2.73. The van der Waals surface area contributed by atoms with E-state index in [1.165, 1.54) is 16.7 Å². The number of aryl methyl sites for hydroxylation is 1. The summed E-state index contributed by atoms with van der Waals surface area (Å²) in [7, 11) is 1.90. The highest BCUT2D eigenvalue weighted by Gasteiger charge is 2.55. The highest BCUT2D eigenvalue weighted by Crippen LogP contribution is 2.35. The third kappa shape index (κ3) is 5.31. The minimum Gasteiger partial charge on any atom is -0.492 e. The highest BCUT2D eigenvalue weighted by molar-refractivity contribution is 7.99. The second-order valence-electron chi connectivity index (χ2n) is 9.13. The van der Waals surface area contributed by atoms with Gasteiger partial charge in [-0.15, -0.1) is 23.1 Å². The molecule has 0 spiro atoms. The molecule has 4 N–H and O–H groups in total. The molecule has 4 heterocycles. The van der Waals surface area contributed by atoms with Gasteiger partial charge in [-0.3, -0.25) is 14.5 Å². The predicted molar refractivity (Wildman–Crippen MR) is 138 cm³/mol. The number of fused-ring (bicyclic) bond motifs is 1. The van der Waals surface area contributed by atoms with Crippen LogP contribution in [0.2, 0.25) is 0 Å². The molecule has 1 saturated carbocycles. The van der Waals surface area contributed by atoms with Crippen LogP contribution in [0.15, 0.2) is 51.4 Å². The number of nitrogens with one attached hydrogen (secondary N) is 1. The molecule has 2 fully saturated rings. The quantitative estimate of drug-likeness (QED) is 0.134. The summed E-state index contributed by atoms with van der Waals surface area (Å²) in [4.78, 5) is 50.2. The molecule has 1 aliphatic carbocycles. The molecular weight excluding hydrogens is 532 g/mol. The number of β-lactam (4-membered cyclic amide) rings is 1. The Morgan fingerprint density at radius 3 is 2.76 bits per heavy atom. The second-order valence-corrected chi connectivity index (χ2v) is 11.1. The van der Waals surface area contributed by atoms with E-state index in [4.69, 9.17) is 15.3 Å². The zero-order valence-electron chi connectivity index (χ0n) is 20.5. The number of carboxylic acids is 1. The summed E-state index contributed by atoms with van der Waals surface area (Å²) in [6, 6.07) is 2.17. The summed E-state index contributed by atoms with van der Waals surface area (Å²) < 4.78 is 7.69. The SMILES string of the molecule is C[n+]1ccc(SCC2=C(C(=O)O)N3C(=O)[C@@H](NC(=O)/C(=N/OC4CCCC4)c4csc(N)n4)[C@H]3CO2)cc1. The predicted octanol–water partition coefficient (Wildman–Crippen LogP) is 1.03. The van der Waals surface area contributed by atoms with Crippen molar-refractivity contribution < 1.29 is 33.6 Å². The maximum atomic E-state index is 13.2. The van der Waals surface area contributed by atoms with Crippen LogP contribution in [0.4, 0.5) is 5.13 Å². The van der Waals surface area contributed by atoms with Crippen LogP contribution in [0.25, 0.3) is 0 Å². The van der Waals surface area contributed by atoms with Crippen LogP contribution < -0.4 is 15.6 Å². The van der Waals surface area contributed by atoms with Crippen molar-refractivity contribution in [2.75, 3.05) is 18.1 Å². The molecule has 1 saturated heterocycles. The Kier molecular flexibility index (Phi) is 7.51. The van der Waals surface area contributed by atoms with Crippen molar-refractivity contribution >= 4 is 51.7 Å². The summed E-state index contributed by atoms with van der Waals surface area (Å²) in [5.41, 5.74) is 5.69. The topological polar surface area (TPSA) is 160 Å². The number of amides is 2. The van der Waals surface area contributed by atoms with E-state index in [1.807, 2.05) is 36.1 Å². The average molecular weight is 560 g/mol. The van der Waals surface area contributed by atoms with E-state index in [2.05, 4.69) is 15.5 Å². The monoisotopic (exact) mass is 559 g/mol. The van der Waals surface area contributed by atoms with Crippen molar-refractivity contribution in [2.45, 2.75) is 48.8 Å². The fourth-order valence-corrected chi connectivity index (χ4v) is 5.91. The Balaban J connectivity index is 1.29. The minimum absolute atomic E-state index is 0.0435. The van der Waals surface area contributed by atoms with Crippen molar-refractivity contribution in [3.05, 3.63) is 47.1 Å². The number of nitrogens with zero attached hydrogens (tertiary/aromatic N) is 4. The third-order valence-electron chi connectivity index (χ3n) is 6.54. The molecule has 14 heteroatoms. The van der Waals surface area contributed by atoms with Gasteiger partial charge in [-0.2, -0.15) is 0 Å². The number of rotatable bonds is 9. The molecule has 2 atom stereocenters. The molecular formula is C24H27N6O6S2+. The normalized spacial score (nSPS) is 21.6. The lowest BCUT2D eigenvalue weighted by atomic mass is 9.92. The zero-order valence-corrected chi connectivity index (χ0v) is 22.2. The molecule has 0 aromatic carbocycles. The van der Waals surface area contributed by atoms with Crippen LogP contribution in [0.3, 0.4) is 0 Å². The number of pyridine rings is 1. The summed E-state index contributed by atoms with van der Waals surface area (Å²) in [5, 5.41) is 18.5. The highest BCUT2D eigenvalue weighted by atomic mass is 32.2. The molecule has 200 valence electrons. The van der Waals surface area contributed by atoms with Gasteiger partial charge in [-0.25, -0.2) is 14.3 Å². The van der Waals surface area contributed by atoms with Gasteiger partial charge in [0.05, 0.1) is 5.75 Å². The number of hydrogen-bond donors (Lipinski definition) is 3. The van der Waals surface area contributed by atoms with Gasteiger partial charge in [0.25, 0.3) is 11.8 Å². The first-order valence-corrected chi connectivity index (χ1v) is 13.9. The molecule has 2 amide bonds. The molecule has 0 unspecified atom stereocenters. The van der Waals surface area contributed by atoms with Gasteiger partial charge >= 0.3 is 5.97 Å². The average Bonchev–Trinajstić information content (AvgIpc) is 3.58. The van der Waals surface area contributed by atoms with Gasteiger partial charge in [0.1, 0.15) is 43.3 Å². The first-order chi connectivity index (χ1) is 18.3. The van der Waals surface area contributed by atoms with Gasteiger partial charge in [-0.1, -0.05) is 5.16 Å². The number of aromatic nitrogens is 2. The lowest BCUT2D eigenvalue weighted by molar-refractivity contribution is -0.671. The van der Waals surface area contributed by atoms with Gasteiger partial charge in [0.2, 0.25) is 0 Å². The van der Waals surface area contributed by atoms with E-state index >= 15 is 0 Å². The Hall–Kier alpha value is -3.65. The fraction of sp³-hybridized carbons (Fsp3) is 0.417. The molecule has 5 rings (SSSR count). The zero-order chi connectivity index (χ0) is 26.8. The van der Waals surface area contributed by atoms with Gasteiger partial charge in [0, 0.05) is 22.4 Å². The van der Waals surface area contributed by atoms with E-state index in [1.54, 1.807) is 5.38 Å². The van der Waals surface area contributed by atoms with Gasteiger partial charge in [-0.05, 0) is 25.7 Å². The van der Waals surface area contributed by atoms with E-state index in [-0.39, 0.29) is 46.5 Å². The number of anilines is 1. The molecule has 0 bridgehead atoms. The van der Waals surface area contributed by atoms with Crippen molar-refractivity contribution in [1.29, 1.82) is 0 Å². The summed E-state index contributed by atoms with van der Waals surface area (Å²) in [6.07, 6.45) is 7.44. The van der Waals surface area contributed by atoms with Crippen LogP contribution in [-0.4, -0.2) is 69.0 Å². The Morgan fingerprint density at radius 2 is 2.11 bits per heavy atom. The van der Waals surface area contributed by atoms with Crippen molar-refractivity contribution in [3.8, 4) is 0 Å². The van der Waals surface area contributed by atoms with Gasteiger partial charge < -0.3 is 25.7 Å². The standard InChI is InChI=1S/C24H26N6O6S2/c1-29-8-6-14(7-9-29)37-12-17-20(23(33)34)30-16(10-35-17)19(22(30)32)27-21(31)18(15-11-38-24(25)26-15)28-36-13-4-2-3-5-13/h6-9,11,13,16,19H,2-5,10,12H2,1H3,(H3-,25,26,27,31,33,34)/p+1/b28-18+/t16-,19+/m1/s1. The smallest absolute Gasteiger partial charge is 0.356 e. The first-order valence-electron chi connectivity index (χ1n) is 12.1. The maximum absolute atomic E-state index is 13.2. The summed E-state index contributed by atoms with van der Waals surface area (Å²) in [6.45, 7) is 0.0435. The number of carbonyl (C=O) groups is 3. The van der Waals surface area contributed by atoms with Crippen LogP contribution in [-0.2, 0) is 31.0 Å². The number of carbonyl (C=O) groups excluding carboxylic acids is 2. The van der Waals surface area contributed by atoms with E-state index in [0.29, 0.717) is 0 Å².